The number of benzene rings is 1. The standard InChI is InChI=1S/C16H24F2N2/c1-13(14-6-7-15(17)16(18)12-14)19-8-11-20-9-4-2-3-5-10-20/h6-7,12-13,19H,2-5,8-11H2,1H3. The van der Waals surface area contributed by atoms with E-state index in [-0.39, 0.29) is 6.04 Å². The highest BCUT2D eigenvalue weighted by Crippen LogP contribution is 2.16. The van der Waals surface area contributed by atoms with Crippen LogP contribution in [0.2, 0.25) is 0 Å². The van der Waals surface area contributed by atoms with Gasteiger partial charge in [0.25, 0.3) is 0 Å². The van der Waals surface area contributed by atoms with E-state index in [1.54, 1.807) is 6.07 Å². The van der Waals surface area contributed by atoms with Gasteiger partial charge < -0.3 is 10.2 Å². The minimum absolute atomic E-state index is 0.0390. The molecule has 4 heteroatoms. The van der Waals surface area contributed by atoms with Gasteiger partial charge in [0.05, 0.1) is 0 Å². The largest absolute Gasteiger partial charge is 0.309 e. The molecule has 1 fully saturated rings. The molecule has 1 N–H and O–H groups in total. The van der Waals surface area contributed by atoms with E-state index >= 15 is 0 Å². The van der Waals surface area contributed by atoms with E-state index in [1.165, 1.54) is 50.9 Å². The molecule has 1 aliphatic heterocycles. The first-order valence-corrected chi connectivity index (χ1v) is 7.57. The summed E-state index contributed by atoms with van der Waals surface area (Å²) in [4.78, 5) is 2.48. The van der Waals surface area contributed by atoms with Gasteiger partial charge in [0.2, 0.25) is 0 Å². The fraction of sp³-hybridized carbons (Fsp3) is 0.625. The lowest BCUT2D eigenvalue weighted by Crippen LogP contribution is -2.33. The summed E-state index contributed by atoms with van der Waals surface area (Å²) >= 11 is 0. The third-order valence-corrected chi connectivity index (χ3v) is 4.02. The highest BCUT2D eigenvalue weighted by Gasteiger charge is 2.11. The number of nitrogens with zero attached hydrogens (tertiary/aromatic N) is 1. The molecule has 1 heterocycles. The molecule has 0 amide bonds. The lowest BCUT2D eigenvalue weighted by Gasteiger charge is -2.21. The lowest BCUT2D eigenvalue weighted by molar-refractivity contribution is 0.280. The van der Waals surface area contributed by atoms with E-state index in [9.17, 15) is 8.78 Å². The first-order valence-electron chi connectivity index (χ1n) is 7.57. The summed E-state index contributed by atoms with van der Waals surface area (Å²) in [5.41, 5.74) is 0.791. The molecule has 2 nitrogen and oxygen atoms in total. The number of hydrogen-bond donors (Lipinski definition) is 1. The molecule has 1 saturated heterocycles. The van der Waals surface area contributed by atoms with Gasteiger partial charge in [0, 0.05) is 19.1 Å². The van der Waals surface area contributed by atoms with Crippen LogP contribution in [0.4, 0.5) is 8.78 Å². The van der Waals surface area contributed by atoms with Gasteiger partial charge in [-0.15, -0.1) is 0 Å². The Kier molecular flexibility index (Phi) is 5.92. The Morgan fingerprint density at radius 1 is 1.10 bits per heavy atom. The second-order valence-electron chi connectivity index (χ2n) is 5.61. The Labute approximate surface area is 120 Å². The van der Waals surface area contributed by atoms with Crippen LogP contribution in [0, 0.1) is 11.6 Å². The van der Waals surface area contributed by atoms with Gasteiger partial charge in [-0.05, 0) is 50.6 Å². The van der Waals surface area contributed by atoms with Crippen molar-refractivity contribution in [3.05, 3.63) is 35.4 Å². The summed E-state index contributed by atoms with van der Waals surface area (Å²) in [6, 6.07) is 4.15. The minimum Gasteiger partial charge on any atom is -0.309 e. The first kappa shape index (κ1) is 15.4. The van der Waals surface area contributed by atoms with Crippen LogP contribution in [0.25, 0.3) is 0 Å². The maximum atomic E-state index is 13.2. The second-order valence-corrected chi connectivity index (χ2v) is 5.61. The molecule has 20 heavy (non-hydrogen) atoms. The normalized spacial score (nSPS) is 18.8. The van der Waals surface area contributed by atoms with Crippen LogP contribution >= 0.6 is 0 Å². The van der Waals surface area contributed by atoms with Gasteiger partial charge in [0.15, 0.2) is 11.6 Å². The molecule has 0 aliphatic carbocycles. The Bertz CT molecular complexity index is 415. The monoisotopic (exact) mass is 282 g/mol. The van der Waals surface area contributed by atoms with Crippen LogP contribution in [0.15, 0.2) is 18.2 Å². The third-order valence-electron chi connectivity index (χ3n) is 4.02. The van der Waals surface area contributed by atoms with Crippen molar-refractivity contribution in [1.29, 1.82) is 0 Å². The molecular weight excluding hydrogens is 258 g/mol. The van der Waals surface area contributed by atoms with Gasteiger partial charge >= 0.3 is 0 Å². The minimum atomic E-state index is -0.787. The molecular formula is C16H24F2N2. The van der Waals surface area contributed by atoms with Crippen LogP contribution < -0.4 is 5.32 Å². The molecule has 0 saturated carbocycles. The Balaban J connectivity index is 1.76. The van der Waals surface area contributed by atoms with Gasteiger partial charge in [0.1, 0.15) is 0 Å². The number of halogens is 2. The van der Waals surface area contributed by atoms with Crippen molar-refractivity contribution in [3.63, 3.8) is 0 Å². The summed E-state index contributed by atoms with van der Waals surface area (Å²) in [6.45, 7) is 6.24. The zero-order chi connectivity index (χ0) is 14.4. The van der Waals surface area contributed by atoms with Crippen molar-refractivity contribution in [1.82, 2.24) is 10.2 Å². The fourth-order valence-corrected chi connectivity index (χ4v) is 2.70. The Morgan fingerprint density at radius 2 is 1.80 bits per heavy atom. The Hall–Kier alpha value is -1.00. The van der Waals surface area contributed by atoms with Crippen LogP contribution in [0.3, 0.4) is 0 Å². The summed E-state index contributed by atoms with van der Waals surface area (Å²) in [5.74, 6) is -1.56. The van der Waals surface area contributed by atoms with E-state index in [1.807, 2.05) is 6.92 Å². The van der Waals surface area contributed by atoms with Gasteiger partial charge in [-0.1, -0.05) is 18.9 Å². The van der Waals surface area contributed by atoms with Crippen LogP contribution in [-0.2, 0) is 0 Å². The average Bonchev–Trinajstić information content (AvgIpc) is 2.70. The van der Waals surface area contributed by atoms with Crippen molar-refractivity contribution in [3.8, 4) is 0 Å². The molecule has 1 aromatic rings. The van der Waals surface area contributed by atoms with E-state index in [0.29, 0.717) is 0 Å². The van der Waals surface area contributed by atoms with Gasteiger partial charge in [-0.25, -0.2) is 8.78 Å². The second kappa shape index (κ2) is 7.70. The molecule has 1 unspecified atom stereocenters. The number of likely N-dealkylation sites (tertiary alicyclic amines) is 1. The molecule has 112 valence electrons. The van der Waals surface area contributed by atoms with Crippen molar-refractivity contribution in [2.75, 3.05) is 26.2 Å². The van der Waals surface area contributed by atoms with E-state index in [2.05, 4.69) is 10.2 Å². The summed E-state index contributed by atoms with van der Waals surface area (Å²) in [6.07, 6.45) is 5.27. The molecule has 0 radical (unpaired) electrons. The van der Waals surface area contributed by atoms with Crippen molar-refractivity contribution in [2.24, 2.45) is 0 Å². The average molecular weight is 282 g/mol. The smallest absolute Gasteiger partial charge is 0.159 e. The third kappa shape index (κ3) is 4.53. The van der Waals surface area contributed by atoms with Crippen LogP contribution in [0.5, 0.6) is 0 Å². The van der Waals surface area contributed by atoms with Gasteiger partial charge in [-0.2, -0.15) is 0 Å². The predicted molar refractivity (Wildman–Crippen MR) is 77.7 cm³/mol. The molecule has 2 rings (SSSR count). The van der Waals surface area contributed by atoms with Crippen molar-refractivity contribution < 1.29 is 8.78 Å². The predicted octanol–water partition coefficient (Wildman–Crippen LogP) is 3.49. The maximum absolute atomic E-state index is 13.2. The molecule has 1 atom stereocenters. The Morgan fingerprint density at radius 3 is 2.45 bits per heavy atom. The van der Waals surface area contributed by atoms with Crippen molar-refractivity contribution >= 4 is 0 Å². The van der Waals surface area contributed by atoms with E-state index in [4.69, 9.17) is 0 Å². The summed E-state index contributed by atoms with van der Waals surface area (Å²) in [5, 5.41) is 3.38. The molecule has 1 aromatic carbocycles. The van der Waals surface area contributed by atoms with E-state index in [0.717, 1.165) is 18.7 Å². The van der Waals surface area contributed by atoms with Crippen LogP contribution in [-0.4, -0.2) is 31.1 Å². The quantitative estimate of drug-likeness (QED) is 0.889. The lowest BCUT2D eigenvalue weighted by atomic mass is 10.1. The van der Waals surface area contributed by atoms with E-state index < -0.39 is 11.6 Å². The maximum Gasteiger partial charge on any atom is 0.159 e. The highest BCUT2D eigenvalue weighted by atomic mass is 19.2. The number of rotatable bonds is 5. The topological polar surface area (TPSA) is 15.3 Å². The zero-order valence-corrected chi connectivity index (χ0v) is 12.2. The van der Waals surface area contributed by atoms with Gasteiger partial charge in [-0.3, -0.25) is 0 Å². The SMILES string of the molecule is CC(NCCN1CCCCCC1)c1ccc(F)c(F)c1. The van der Waals surface area contributed by atoms with Crippen molar-refractivity contribution in [2.45, 2.75) is 38.6 Å². The molecule has 0 spiro atoms. The summed E-state index contributed by atoms with van der Waals surface area (Å²) in [7, 11) is 0. The molecule has 0 bridgehead atoms. The summed E-state index contributed by atoms with van der Waals surface area (Å²) < 4.78 is 26.1. The first-order chi connectivity index (χ1) is 9.66. The van der Waals surface area contributed by atoms with Crippen LogP contribution in [0.1, 0.15) is 44.2 Å². The fourth-order valence-electron chi connectivity index (χ4n) is 2.70. The number of hydrogen-bond acceptors (Lipinski definition) is 2. The highest BCUT2D eigenvalue weighted by molar-refractivity contribution is 5.20. The molecule has 0 aromatic heterocycles. The number of nitrogens with one attached hydrogen (secondary N) is 1. The zero-order valence-electron chi connectivity index (χ0n) is 12.2. The molecule has 1 aliphatic rings.